The lowest BCUT2D eigenvalue weighted by atomic mass is 10.2. The molecule has 0 fully saturated rings. The number of aromatic nitrogens is 1. The van der Waals surface area contributed by atoms with Crippen molar-refractivity contribution in [2.24, 2.45) is 0 Å². The Morgan fingerprint density at radius 1 is 1.50 bits per heavy atom. The number of aryl methyl sites for hydroxylation is 1. The van der Waals surface area contributed by atoms with E-state index in [1.165, 1.54) is 0 Å². The van der Waals surface area contributed by atoms with Gasteiger partial charge in [-0.2, -0.15) is 0 Å². The highest BCUT2D eigenvalue weighted by Crippen LogP contribution is 2.19. The molecule has 1 N–H and O–H groups in total. The van der Waals surface area contributed by atoms with Crippen molar-refractivity contribution in [1.82, 2.24) is 10.3 Å². The third kappa shape index (κ3) is 3.17. The summed E-state index contributed by atoms with van der Waals surface area (Å²) in [6.07, 6.45) is 1.82. The molecule has 1 amide bonds. The van der Waals surface area contributed by atoms with Gasteiger partial charge in [0.05, 0.1) is 6.04 Å². The molecule has 0 radical (unpaired) electrons. The second kappa shape index (κ2) is 5.63. The zero-order chi connectivity index (χ0) is 13.1. The molecule has 0 spiro atoms. The van der Waals surface area contributed by atoms with Crippen LogP contribution in [-0.4, -0.2) is 10.9 Å². The zero-order valence-corrected chi connectivity index (χ0v) is 12.5. The van der Waals surface area contributed by atoms with Crippen molar-refractivity contribution < 1.29 is 4.79 Å². The minimum atomic E-state index is -0.0864. The Kier molecular flexibility index (Phi) is 4.14. The molecule has 3 nitrogen and oxygen atoms in total. The minimum absolute atomic E-state index is 0.0739. The molecule has 94 valence electrons. The second-order valence-corrected chi connectivity index (χ2v) is 6.20. The third-order valence-corrected chi connectivity index (χ3v) is 4.03. The molecule has 2 rings (SSSR count). The van der Waals surface area contributed by atoms with Gasteiger partial charge >= 0.3 is 0 Å². The van der Waals surface area contributed by atoms with Gasteiger partial charge in [-0.15, -0.1) is 11.3 Å². The van der Waals surface area contributed by atoms with Gasteiger partial charge in [-0.1, -0.05) is 22.0 Å². The van der Waals surface area contributed by atoms with Crippen LogP contribution >= 0.6 is 27.3 Å². The van der Waals surface area contributed by atoms with Crippen LogP contribution in [-0.2, 0) is 0 Å². The maximum atomic E-state index is 12.0. The van der Waals surface area contributed by atoms with E-state index in [4.69, 9.17) is 0 Å². The van der Waals surface area contributed by atoms with E-state index in [-0.39, 0.29) is 11.9 Å². The molecule has 1 atom stereocenters. The van der Waals surface area contributed by atoms with Crippen molar-refractivity contribution in [2.45, 2.75) is 19.9 Å². The lowest BCUT2D eigenvalue weighted by Gasteiger charge is -2.11. The molecule has 0 bridgehead atoms. The molecule has 0 saturated carbocycles. The number of hydrogen-bond donors (Lipinski definition) is 1. The monoisotopic (exact) mass is 324 g/mol. The summed E-state index contributed by atoms with van der Waals surface area (Å²) in [5.41, 5.74) is 0.643. The highest BCUT2D eigenvalue weighted by molar-refractivity contribution is 9.10. The van der Waals surface area contributed by atoms with Gasteiger partial charge in [0.25, 0.3) is 5.91 Å². The van der Waals surface area contributed by atoms with Crippen molar-refractivity contribution in [3.8, 4) is 0 Å². The number of amides is 1. The Bertz CT molecular complexity index is 568. The second-order valence-electron chi connectivity index (χ2n) is 4.01. The van der Waals surface area contributed by atoms with Gasteiger partial charge in [0.2, 0.25) is 0 Å². The summed E-state index contributed by atoms with van der Waals surface area (Å²) in [6, 6.07) is 7.26. The molecule has 1 aromatic carbocycles. The molecule has 1 unspecified atom stereocenters. The number of halogens is 1. The number of carbonyl (C=O) groups excluding carboxylic acids is 1. The molecule has 18 heavy (non-hydrogen) atoms. The minimum Gasteiger partial charge on any atom is -0.343 e. The van der Waals surface area contributed by atoms with Crippen LogP contribution in [0, 0.1) is 6.92 Å². The molecule has 0 saturated heterocycles. The highest BCUT2D eigenvalue weighted by Gasteiger charge is 2.13. The average Bonchev–Trinajstić information content (AvgIpc) is 2.76. The van der Waals surface area contributed by atoms with Gasteiger partial charge in [0, 0.05) is 21.1 Å². The van der Waals surface area contributed by atoms with Crippen LogP contribution < -0.4 is 5.32 Å². The van der Waals surface area contributed by atoms with Crippen molar-refractivity contribution in [3.63, 3.8) is 0 Å². The van der Waals surface area contributed by atoms with E-state index in [9.17, 15) is 4.79 Å². The van der Waals surface area contributed by atoms with Crippen LogP contribution in [0.4, 0.5) is 0 Å². The lowest BCUT2D eigenvalue weighted by Crippen LogP contribution is -2.26. The van der Waals surface area contributed by atoms with Crippen molar-refractivity contribution >= 4 is 33.2 Å². The van der Waals surface area contributed by atoms with Crippen molar-refractivity contribution in [2.75, 3.05) is 0 Å². The maximum Gasteiger partial charge on any atom is 0.251 e. The summed E-state index contributed by atoms with van der Waals surface area (Å²) in [4.78, 5) is 17.5. The molecule has 0 aliphatic heterocycles. The van der Waals surface area contributed by atoms with Crippen molar-refractivity contribution in [1.29, 1.82) is 0 Å². The highest BCUT2D eigenvalue weighted by atomic mass is 79.9. The summed E-state index contributed by atoms with van der Waals surface area (Å²) in [6.45, 7) is 3.94. The molecular formula is C13H13BrN2OS. The van der Waals surface area contributed by atoms with E-state index < -0.39 is 0 Å². The maximum absolute atomic E-state index is 12.0. The first-order valence-corrected chi connectivity index (χ1v) is 7.16. The zero-order valence-electron chi connectivity index (χ0n) is 10.1. The summed E-state index contributed by atoms with van der Waals surface area (Å²) >= 11 is 4.96. The number of hydrogen-bond acceptors (Lipinski definition) is 3. The van der Waals surface area contributed by atoms with Crippen LogP contribution in [0.1, 0.15) is 33.2 Å². The fraction of sp³-hybridized carbons (Fsp3) is 0.231. The van der Waals surface area contributed by atoms with Gasteiger partial charge in [-0.25, -0.2) is 4.98 Å². The molecule has 2 aromatic rings. The van der Waals surface area contributed by atoms with Crippen LogP contribution in [0.25, 0.3) is 0 Å². The van der Waals surface area contributed by atoms with Gasteiger partial charge in [0.1, 0.15) is 5.01 Å². The summed E-state index contributed by atoms with van der Waals surface area (Å²) in [5, 5.41) is 3.87. The van der Waals surface area contributed by atoms with Crippen LogP contribution in [0.3, 0.4) is 0 Å². The van der Waals surface area contributed by atoms with Gasteiger partial charge in [-0.05, 0) is 32.0 Å². The Morgan fingerprint density at radius 2 is 2.28 bits per heavy atom. The Labute approximate surface area is 118 Å². The fourth-order valence-corrected chi connectivity index (χ4v) is 2.72. The smallest absolute Gasteiger partial charge is 0.251 e. The van der Waals surface area contributed by atoms with Crippen LogP contribution in [0.5, 0.6) is 0 Å². The van der Waals surface area contributed by atoms with E-state index >= 15 is 0 Å². The third-order valence-electron chi connectivity index (χ3n) is 2.44. The standard InChI is InChI=1S/C13H13BrN2OS/c1-8-7-15-13(18-8)9(2)16-12(17)10-4-3-5-11(14)6-10/h3-7,9H,1-2H3,(H,16,17). The SMILES string of the molecule is Cc1cnc(C(C)NC(=O)c2cccc(Br)c2)s1. The predicted molar refractivity (Wildman–Crippen MR) is 76.9 cm³/mol. The fourth-order valence-electron chi connectivity index (χ4n) is 1.54. The number of nitrogens with one attached hydrogen (secondary N) is 1. The van der Waals surface area contributed by atoms with E-state index in [1.54, 1.807) is 23.5 Å². The molecule has 0 aliphatic carbocycles. The predicted octanol–water partition coefficient (Wildman–Crippen LogP) is 3.71. The molecule has 5 heteroatoms. The van der Waals surface area contributed by atoms with E-state index in [0.29, 0.717) is 5.56 Å². The number of rotatable bonds is 3. The number of carbonyl (C=O) groups is 1. The first kappa shape index (κ1) is 13.2. The van der Waals surface area contributed by atoms with Crippen LogP contribution in [0.2, 0.25) is 0 Å². The molecule has 1 heterocycles. The largest absolute Gasteiger partial charge is 0.343 e. The normalized spacial score (nSPS) is 12.2. The first-order valence-electron chi connectivity index (χ1n) is 5.55. The van der Waals surface area contributed by atoms with E-state index in [1.807, 2.05) is 32.2 Å². The lowest BCUT2D eigenvalue weighted by molar-refractivity contribution is 0.0940. The van der Waals surface area contributed by atoms with Crippen molar-refractivity contribution in [3.05, 3.63) is 50.4 Å². The Balaban J connectivity index is 2.08. The number of nitrogens with zero attached hydrogens (tertiary/aromatic N) is 1. The van der Waals surface area contributed by atoms with E-state index in [2.05, 4.69) is 26.2 Å². The molecular weight excluding hydrogens is 312 g/mol. The van der Waals surface area contributed by atoms with Gasteiger partial charge in [-0.3, -0.25) is 4.79 Å². The van der Waals surface area contributed by atoms with E-state index in [0.717, 1.165) is 14.4 Å². The quantitative estimate of drug-likeness (QED) is 0.935. The first-order chi connectivity index (χ1) is 8.56. The average molecular weight is 325 g/mol. The summed E-state index contributed by atoms with van der Waals surface area (Å²) < 4.78 is 0.896. The Hall–Kier alpha value is -1.20. The number of benzene rings is 1. The topological polar surface area (TPSA) is 42.0 Å². The van der Waals surface area contributed by atoms with Gasteiger partial charge < -0.3 is 5.32 Å². The molecule has 1 aromatic heterocycles. The summed E-state index contributed by atoms with van der Waals surface area (Å²) in [7, 11) is 0. The van der Waals surface area contributed by atoms with Gasteiger partial charge in [0.15, 0.2) is 0 Å². The van der Waals surface area contributed by atoms with Crippen LogP contribution in [0.15, 0.2) is 34.9 Å². The Morgan fingerprint density at radius 3 is 2.89 bits per heavy atom. The summed E-state index contributed by atoms with van der Waals surface area (Å²) in [5.74, 6) is -0.0864. The molecule has 0 aliphatic rings. The number of thiazole rings is 1.